The molecule has 0 aromatic heterocycles. The van der Waals surface area contributed by atoms with E-state index in [4.69, 9.17) is 5.73 Å². The third-order valence-corrected chi connectivity index (χ3v) is 3.70. The van der Waals surface area contributed by atoms with Crippen LogP contribution in [0.25, 0.3) is 0 Å². The van der Waals surface area contributed by atoms with Gasteiger partial charge in [0.05, 0.1) is 0 Å². The first-order valence-corrected chi connectivity index (χ1v) is 5.22. The fourth-order valence-corrected chi connectivity index (χ4v) is 3.08. The molecule has 0 saturated heterocycles. The average molecular weight is 173 g/mol. The maximum absolute atomic E-state index is 6.13. The lowest BCUT2D eigenvalue weighted by molar-refractivity contribution is 0.299. The van der Waals surface area contributed by atoms with Crippen molar-refractivity contribution in [3.05, 3.63) is 35.4 Å². The van der Waals surface area contributed by atoms with Gasteiger partial charge in [-0.15, -0.1) is 0 Å². The second-order valence-electron chi connectivity index (χ2n) is 4.36. The van der Waals surface area contributed by atoms with Gasteiger partial charge in [0, 0.05) is 12.0 Å². The maximum Gasteiger partial charge on any atom is 0.0114 e. The zero-order valence-corrected chi connectivity index (χ0v) is 7.74. The van der Waals surface area contributed by atoms with E-state index < -0.39 is 0 Å². The van der Waals surface area contributed by atoms with Gasteiger partial charge in [0.2, 0.25) is 0 Å². The molecule has 1 saturated carbocycles. The third-order valence-electron chi connectivity index (χ3n) is 3.70. The molecule has 3 rings (SSSR count). The van der Waals surface area contributed by atoms with Crippen LogP contribution in [0, 0.1) is 0 Å². The zero-order valence-electron chi connectivity index (χ0n) is 7.74. The summed E-state index contributed by atoms with van der Waals surface area (Å²) in [5.41, 5.74) is 9.23. The molecule has 0 bridgehead atoms. The van der Waals surface area contributed by atoms with E-state index in [1.165, 1.54) is 24.8 Å². The van der Waals surface area contributed by atoms with Gasteiger partial charge in [0.1, 0.15) is 0 Å². The molecule has 2 aliphatic carbocycles. The van der Waals surface area contributed by atoms with Crippen molar-refractivity contribution in [3.8, 4) is 0 Å². The first-order valence-electron chi connectivity index (χ1n) is 5.22. The van der Waals surface area contributed by atoms with E-state index in [-0.39, 0.29) is 0 Å². The summed E-state index contributed by atoms with van der Waals surface area (Å²) in [4.78, 5) is 0. The molecule has 0 amide bonds. The highest BCUT2D eigenvalue weighted by Gasteiger charge is 2.42. The Kier molecular flexibility index (Phi) is 1.50. The predicted molar refractivity (Wildman–Crippen MR) is 53.8 cm³/mol. The van der Waals surface area contributed by atoms with Crippen molar-refractivity contribution in [2.45, 2.75) is 37.1 Å². The van der Waals surface area contributed by atoms with Crippen LogP contribution in [-0.4, -0.2) is 6.04 Å². The lowest BCUT2D eigenvalue weighted by Gasteiger charge is -2.46. The summed E-state index contributed by atoms with van der Waals surface area (Å²) in [5, 5.41) is 0. The van der Waals surface area contributed by atoms with Gasteiger partial charge in [-0.1, -0.05) is 30.7 Å². The second kappa shape index (κ2) is 2.58. The molecule has 3 atom stereocenters. The molecule has 1 fully saturated rings. The summed E-state index contributed by atoms with van der Waals surface area (Å²) in [6, 6.07) is 9.23. The SMILES string of the molecule is NC1CCCC2c3ccccc3C12. The molecular weight excluding hydrogens is 158 g/mol. The molecular formula is C12H15N. The van der Waals surface area contributed by atoms with Crippen molar-refractivity contribution in [2.75, 3.05) is 0 Å². The largest absolute Gasteiger partial charge is 0.327 e. The van der Waals surface area contributed by atoms with Crippen molar-refractivity contribution in [1.29, 1.82) is 0 Å². The normalized spacial score (nSPS) is 35.9. The van der Waals surface area contributed by atoms with Gasteiger partial charge in [0.15, 0.2) is 0 Å². The van der Waals surface area contributed by atoms with Gasteiger partial charge < -0.3 is 5.73 Å². The topological polar surface area (TPSA) is 26.0 Å². The Hall–Kier alpha value is -0.820. The highest BCUT2D eigenvalue weighted by Crippen LogP contribution is 2.53. The number of benzene rings is 1. The van der Waals surface area contributed by atoms with Crippen LogP contribution in [0.1, 0.15) is 42.2 Å². The van der Waals surface area contributed by atoms with Crippen molar-refractivity contribution in [3.63, 3.8) is 0 Å². The van der Waals surface area contributed by atoms with E-state index in [2.05, 4.69) is 24.3 Å². The summed E-state index contributed by atoms with van der Waals surface area (Å²) in [7, 11) is 0. The van der Waals surface area contributed by atoms with Crippen LogP contribution >= 0.6 is 0 Å². The lowest BCUT2D eigenvalue weighted by atomic mass is 9.60. The number of nitrogens with two attached hydrogens (primary N) is 1. The van der Waals surface area contributed by atoms with Crippen molar-refractivity contribution >= 4 is 0 Å². The zero-order chi connectivity index (χ0) is 8.84. The summed E-state index contributed by atoms with van der Waals surface area (Å²) in [6.07, 6.45) is 3.89. The minimum Gasteiger partial charge on any atom is -0.327 e. The minimum atomic E-state index is 0.425. The van der Waals surface area contributed by atoms with Gasteiger partial charge in [-0.3, -0.25) is 0 Å². The minimum absolute atomic E-state index is 0.425. The number of hydrogen-bond donors (Lipinski definition) is 1. The summed E-state index contributed by atoms with van der Waals surface area (Å²) >= 11 is 0. The molecule has 0 aliphatic heterocycles. The Morgan fingerprint density at radius 3 is 2.69 bits per heavy atom. The fraction of sp³-hybridized carbons (Fsp3) is 0.500. The highest BCUT2D eigenvalue weighted by atomic mass is 14.7. The van der Waals surface area contributed by atoms with Crippen LogP contribution < -0.4 is 5.73 Å². The lowest BCUT2D eigenvalue weighted by Crippen LogP contribution is -2.42. The Balaban J connectivity index is 2.03. The van der Waals surface area contributed by atoms with E-state index in [0.29, 0.717) is 12.0 Å². The molecule has 13 heavy (non-hydrogen) atoms. The van der Waals surface area contributed by atoms with Crippen LogP contribution in [0.15, 0.2) is 24.3 Å². The van der Waals surface area contributed by atoms with Crippen LogP contribution in [0.4, 0.5) is 0 Å². The monoisotopic (exact) mass is 173 g/mol. The molecule has 0 spiro atoms. The fourth-order valence-electron chi connectivity index (χ4n) is 3.08. The van der Waals surface area contributed by atoms with Crippen LogP contribution in [0.2, 0.25) is 0 Å². The third kappa shape index (κ3) is 0.910. The number of rotatable bonds is 0. The Labute approximate surface area is 78.9 Å². The van der Waals surface area contributed by atoms with E-state index in [1.807, 2.05) is 0 Å². The molecule has 1 aromatic carbocycles. The molecule has 2 aliphatic rings. The summed E-state index contributed by atoms with van der Waals surface area (Å²) < 4.78 is 0. The van der Waals surface area contributed by atoms with Crippen LogP contribution in [0.3, 0.4) is 0 Å². The first kappa shape index (κ1) is 7.57. The van der Waals surface area contributed by atoms with Gasteiger partial charge in [-0.2, -0.15) is 0 Å². The van der Waals surface area contributed by atoms with Crippen molar-refractivity contribution in [2.24, 2.45) is 5.73 Å². The second-order valence-corrected chi connectivity index (χ2v) is 4.36. The first-order chi connectivity index (χ1) is 6.38. The molecule has 0 heterocycles. The van der Waals surface area contributed by atoms with Crippen LogP contribution in [0.5, 0.6) is 0 Å². The van der Waals surface area contributed by atoms with Crippen molar-refractivity contribution in [1.82, 2.24) is 0 Å². The Morgan fingerprint density at radius 1 is 1.08 bits per heavy atom. The summed E-state index contributed by atoms with van der Waals surface area (Å²) in [6.45, 7) is 0. The quantitative estimate of drug-likeness (QED) is 0.640. The molecule has 0 radical (unpaired) electrons. The molecule has 1 heteroatoms. The van der Waals surface area contributed by atoms with Gasteiger partial charge in [-0.25, -0.2) is 0 Å². The van der Waals surface area contributed by atoms with E-state index >= 15 is 0 Å². The predicted octanol–water partition coefficient (Wildman–Crippen LogP) is 2.38. The van der Waals surface area contributed by atoms with E-state index in [0.717, 1.165) is 5.92 Å². The number of hydrogen-bond acceptors (Lipinski definition) is 1. The van der Waals surface area contributed by atoms with Gasteiger partial charge >= 0.3 is 0 Å². The molecule has 68 valence electrons. The molecule has 3 unspecified atom stereocenters. The van der Waals surface area contributed by atoms with E-state index in [1.54, 1.807) is 5.56 Å². The van der Waals surface area contributed by atoms with E-state index in [9.17, 15) is 0 Å². The molecule has 1 aromatic rings. The van der Waals surface area contributed by atoms with Gasteiger partial charge in [-0.05, 0) is 29.9 Å². The Bertz CT molecular complexity index is 332. The number of fused-ring (bicyclic) bond motifs is 4. The van der Waals surface area contributed by atoms with Gasteiger partial charge in [0.25, 0.3) is 0 Å². The highest BCUT2D eigenvalue weighted by molar-refractivity contribution is 5.46. The molecule has 1 nitrogen and oxygen atoms in total. The standard InChI is InChI=1S/C12H15N/c13-11-7-3-6-10-8-4-1-2-5-9(8)12(10)11/h1-2,4-5,10-12H,3,6-7,13H2. The Morgan fingerprint density at radius 2 is 1.85 bits per heavy atom. The summed E-state index contributed by atoms with van der Waals surface area (Å²) in [5.74, 6) is 1.48. The van der Waals surface area contributed by atoms with Crippen LogP contribution in [-0.2, 0) is 0 Å². The maximum atomic E-state index is 6.13. The van der Waals surface area contributed by atoms with Crippen molar-refractivity contribution < 1.29 is 0 Å². The smallest absolute Gasteiger partial charge is 0.0114 e. The molecule has 2 N–H and O–H groups in total. The average Bonchev–Trinajstić information content (AvgIpc) is 2.14.